The van der Waals surface area contributed by atoms with Crippen molar-refractivity contribution in [3.8, 4) is 0 Å². The van der Waals surface area contributed by atoms with Crippen LogP contribution in [0, 0.1) is 5.82 Å². The minimum absolute atomic E-state index is 0.0962. The summed E-state index contributed by atoms with van der Waals surface area (Å²) in [6.07, 6.45) is 6.65. The molecule has 1 aromatic heterocycles. The van der Waals surface area contributed by atoms with E-state index in [1.165, 1.54) is 32.4 Å². The predicted molar refractivity (Wildman–Crippen MR) is 77.7 cm³/mol. The van der Waals surface area contributed by atoms with E-state index in [-0.39, 0.29) is 16.5 Å². The van der Waals surface area contributed by atoms with Crippen LogP contribution in [0.5, 0.6) is 0 Å². The van der Waals surface area contributed by atoms with Crippen molar-refractivity contribution in [3.05, 3.63) is 28.8 Å². The Hall–Kier alpha value is -1.00. The molecule has 5 heteroatoms. The second-order valence-electron chi connectivity index (χ2n) is 4.78. The van der Waals surface area contributed by atoms with Crippen LogP contribution in [0.2, 0.25) is 5.02 Å². The third-order valence-electron chi connectivity index (χ3n) is 3.21. The van der Waals surface area contributed by atoms with E-state index in [0.29, 0.717) is 6.42 Å². The number of nitrogens with zero attached hydrogens (tertiary/aromatic N) is 1. The molecule has 1 heterocycles. The third-order valence-corrected chi connectivity index (χ3v) is 3.50. The molecule has 0 saturated heterocycles. The number of carbonyl (C=O) groups is 1. The van der Waals surface area contributed by atoms with Crippen molar-refractivity contribution in [2.75, 3.05) is 7.11 Å². The number of ether oxygens (including phenoxy) is 1. The van der Waals surface area contributed by atoms with Gasteiger partial charge in [-0.25, -0.2) is 9.37 Å². The van der Waals surface area contributed by atoms with Gasteiger partial charge in [0.05, 0.1) is 11.2 Å². The standard InChI is InChI=1S/C15H21ClFNO2/c1-3-4-5-6-7-8-14(20-2)15(19)13-9-11(16)12(17)10-18-13/h9-10,14H,3-8H2,1-2H3. The van der Waals surface area contributed by atoms with Crippen LogP contribution < -0.4 is 0 Å². The van der Waals surface area contributed by atoms with Crippen molar-refractivity contribution in [1.82, 2.24) is 4.98 Å². The number of unbranched alkanes of at least 4 members (excludes halogenated alkanes) is 4. The Morgan fingerprint density at radius 1 is 1.40 bits per heavy atom. The van der Waals surface area contributed by atoms with Crippen molar-refractivity contribution >= 4 is 17.4 Å². The Kier molecular flexibility index (Phi) is 7.70. The summed E-state index contributed by atoms with van der Waals surface area (Å²) < 4.78 is 18.2. The van der Waals surface area contributed by atoms with E-state index >= 15 is 0 Å². The Morgan fingerprint density at radius 2 is 2.10 bits per heavy atom. The SMILES string of the molecule is CCCCCCCC(OC)C(=O)c1cc(Cl)c(F)cn1. The Balaban J connectivity index is 2.55. The van der Waals surface area contributed by atoms with Gasteiger partial charge in [-0.2, -0.15) is 0 Å². The zero-order valence-corrected chi connectivity index (χ0v) is 12.8. The highest BCUT2D eigenvalue weighted by atomic mass is 35.5. The summed E-state index contributed by atoms with van der Waals surface area (Å²) in [6.45, 7) is 2.16. The van der Waals surface area contributed by atoms with E-state index in [0.717, 1.165) is 19.0 Å². The van der Waals surface area contributed by atoms with E-state index in [1.807, 2.05) is 0 Å². The molecule has 0 aliphatic carbocycles. The average molecular weight is 302 g/mol. The Bertz CT molecular complexity index is 440. The van der Waals surface area contributed by atoms with Crippen molar-refractivity contribution in [3.63, 3.8) is 0 Å². The lowest BCUT2D eigenvalue weighted by Gasteiger charge is -2.13. The molecule has 112 valence electrons. The number of halogens is 2. The molecule has 0 N–H and O–H groups in total. The average Bonchev–Trinajstić information content (AvgIpc) is 2.45. The number of hydrogen-bond acceptors (Lipinski definition) is 3. The summed E-state index contributed by atoms with van der Waals surface area (Å²) in [5, 5.41) is -0.0962. The van der Waals surface area contributed by atoms with Gasteiger partial charge in [0.1, 0.15) is 11.8 Å². The maximum atomic E-state index is 13.0. The number of aromatic nitrogens is 1. The first-order valence-electron chi connectivity index (χ1n) is 6.98. The molecule has 0 aliphatic rings. The van der Waals surface area contributed by atoms with E-state index in [2.05, 4.69) is 11.9 Å². The first-order valence-corrected chi connectivity index (χ1v) is 7.36. The maximum absolute atomic E-state index is 13.0. The van der Waals surface area contributed by atoms with E-state index in [4.69, 9.17) is 16.3 Å². The fourth-order valence-corrected chi connectivity index (χ4v) is 2.16. The Labute approximate surface area is 124 Å². The van der Waals surface area contributed by atoms with Crippen LogP contribution in [0.4, 0.5) is 4.39 Å². The highest BCUT2D eigenvalue weighted by Crippen LogP contribution is 2.17. The van der Waals surface area contributed by atoms with Crippen LogP contribution >= 0.6 is 11.6 Å². The second-order valence-corrected chi connectivity index (χ2v) is 5.18. The zero-order chi connectivity index (χ0) is 15.0. The molecule has 1 aromatic rings. The van der Waals surface area contributed by atoms with Crippen molar-refractivity contribution in [2.24, 2.45) is 0 Å². The minimum atomic E-state index is -0.628. The highest BCUT2D eigenvalue weighted by molar-refractivity contribution is 6.31. The summed E-state index contributed by atoms with van der Waals surface area (Å²) >= 11 is 5.66. The molecule has 0 aliphatic heterocycles. The van der Waals surface area contributed by atoms with Crippen molar-refractivity contribution in [2.45, 2.75) is 51.6 Å². The van der Waals surface area contributed by atoms with Gasteiger partial charge in [0, 0.05) is 7.11 Å². The van der Waals surface area contributed by atoms with E-state index in [1.54, 1.807) is 0 Å². The van der Waals surface area contributed by atoms with Gasteiger partial charge in [-0.05, 0) is 12.5 Å². The third kappa shape index (κ3) is 5.17. The smallest absolute Gasteiger partial charge is 0.209 e. The lowest BCUT2D eigenvalue weighted by molar-refractivity contribution is 0.0567. The molecule has 1 rings (SSSR count). The molecule has 1 atom stereocenters. The summed E-state index contributed by atoms with van der Waals surface area (Å²) in [7, 11) is 1.50. The molecule has 0 aromatic carbocycles. The van der Waals surface area contributed by atoms with Crippen LogP contribution in [0.15, 0.2) is 12.3 Å². The van der Waals surface area contributed by atoms with Gasteiger partial charge < -0.3 is 4.74 Å². The number of carbonyl (C=O) groups excluding carboxylic acids is 1. The summed E-state index contributed by atoms with van der Waals surface area (Å²) in [5.41, 5.74) is 0.150. The molecule has 1 unspecified atom stereocenters. The van der Waals surface area contributed by atoms with Gasteiger partial charge in [-0.1, -0.05) is 50.6 Å². The van der Waals surface area contributed by atoms with Gasteiger partial charge >= 0.3 is 0 Å². The first-order chi connectivity index (χ1) is 9.60. The monoisotopic (exact) mass is 301 g/mol. The minimum Gasteiger partial charge on any atom is -0.373 e. The number of methoxy groups -OCH3 is 1. The lowest BCUT2D eigenvalue weighted by Crippen LogP contribution is -2.24. The number of hydrogen-bond donors (Lipinski definition) is 0. The van der Waals surface area contributed by atoms with Gasteiger partial charge in [0.25, 0.3) is 0 Å². The quantitative estimate of drug-likeness (QED) is 0.500. The lowest BCUT2D eigenvalue weighted by atomic mass is 10.0. The van der Waals surface area contributed by atoms with E-state index in [9.17, 15) is 9.18 Å². The van der Waals surface area contributed by atoms with Crippen molar-refractivity contribution < 1.29 is 13.9 Å². The molecule has 20 heavy (non-hydrogen) atoms. The van der Waals surface area contributed by atoms with Gasteiger partial charge in [0.2, 0.25) is 5.78 Å². The number of Topliss-reactive ketones (excluding diaryl/α,β-unsaturated/α-hetero) is 1. The molecule has 0 bridgehead atoms. The van der Waals surface area contributed by atoms with Gasteiger partial charge in [-0.3, -0.25) is 4.79 Å². The van der Waals surface area contributed by atoms with Crippen LogP contribution in [0.3, 0.4) is 0 Å². The van der Waals surface area contributed by atoms with Crippen molar-refractivity contribution in [1.29, 1.82) is 0 Å². The summed E-state index contributed by atoms with van der Waals surface area (Å²) in [6, 6.07) is 1.25. The highest BCUT2D eigenvalue weighted by Gasteiger charge is 2.21. The number of pyridine rings is 1. The molecule has 0 saturated carbocycles. The fourth-order valence-electron chi connectivity index (χ4n) is 2.00. The normalized spacial score (nSPS) is 12.4. The molecule has 0 fully saturated rings. The molecule has 0 amide bonds. The summed E-state index contributed by atoms with van der Waals surface area (Å²) in [5.74, 6) is -0.873. The fraction of sp³-hybridized carbons (Fsp3) is 0.600. The zero-order valence-electron chi connectivity index (χ0n) is 12.0. The summed E-state index contributed by atoms with van der Waals surface area (Å²) in [4.78, 5) is 16.0. The molecule has 3 nitrogen and oxygen atoms in total. The second kappa shape index (κ2) is 9.03. The number of rotatable bonds is 9. The topological polar surface area (TPSA) is 39.2 Å². The van der Waals surface area contributed by atoms with Crippen LogP contribution in [-0.2, 0) is 4.74 Å². The molecule has 0 spiro atoms. The molecular weight excluding hydrogens is 281 g/mol. The first kappa shape index (κ1) is 17.1. The molecular formula is C15H21ClFNO2. The maximum Gasteiger partial charge on any atom is 0.209 e. The Morgan fingerprint density at radius 3 is 2.70 bits per heavy atom. The van der Waals surface area contributed by atoms with Crippen LogP contribution in [0.25, 0.3) is 0 Å². The van der Waals surface area contributed by atoms with Gasteiger partial charge in [0.15, 0.2) is 5.82 Å². The molecule has 0 radical (unpaired) electrons. The van der Waals surface area contributed by atoms with Gasteiger partial charge in [-0.15, -0.1) is 0 Å². The largest absolute Gasteiger partial charge is 0.373 e. The van der Waals surface area contributed by atoms with Crippen LogP contribution in [0.1, 0.15) is 55.9 Å². The van der Waals surface area contributed by atoms with E-state index < -0.39 is 11.9 Å². The number of ketones is 1. The predicted octanol–water partition coefficient (Wildman–Crippen LogP) is 4.43. The van der Waals surface area contributed by atoms with Crippen LogP contribution in [-0.4, -0.2) is 24.0 Å².